The summed E-state index contributed by atoms with van der Waals surface area (Å²) in [6, 6.07) is 4.51. The summed E-state index contributed by atoms with van der Waals surface area (Å²) >= 11 is 3.13. The van der Waals surface area contributed by atoms with E-state index in [2.05, 4.69) is 15.9 Å². The molecule has 0 bridgehead atoms. The van der Waals surface area contributed by atoms with E-state index >= 15 is 0 Å². The molecule has 0 radical (unpaired) electrons. The van der Waals surface area contributed by atoms with Gasteiger partial charge in [-0.25, -0.2) is 4.39 Å². The molecule has 5 heteroatoms. The second-order valence-electron chi connectivity index (χ2n) is 3.51. The third-order valence-electron chi connectivity index (χ3n) is 2.61. The molecular formula is C10H9BrFNaO2. The Bertz CT molecular complexity index is 410. The van der Waals surface area contributed by atoms with Crippen LogP contribution in [0.2, 0.25) is 0 Å². The third-order valence-corrected chi connectivity index (χ3v) is 3.10. The van der Waals surface area contributed by atoms with E-state index in [1.165, 1.54) is 6.07 Å². The van der Waals surface area contributed by atoms with Gasteiger partial charge in [-0.2, -0.15) is 0 Å². The summed E-state index contributed by atoms with van der Waals surface area (Å²) in [5.74, 6) is -1.38. The summed E-state index contributed by atoms with van der Waals surface area (Å²) in [4.78, 5) is 10.9. The Hall–Kier alpha value is 0.1000. The molecule has 76 valence electrons. The zero-order valence-electron chi connectivity index (χ0n) is 9.26. The number of halogens is 2. The van der Waals surface area contributed by atoms with Gasteiger partial charge in [-0.15, -0.1) is 0 Å². The van der Waals surface area contributed by atoms with Crippen molar-refractivity contribution in [2.24, 2.45) is 0 Å². The summed E-state index contributed by atoms with van der Waals surface area (Å²) in [7, 11) is 0. The quantitative estimate of drug-likeness (QED) is 0.765. The minimum absolute atomic E-state index is 0. The normalized spacial score (nSPS) is 16.7. The predicted molar refractivity (Wildman–Crippen MR) is 53.8 cm³/mol. The second-order valence-corrected chi connectivity index (χ2v) is 4.43. The number of carboxylic acid groups (broad SMARTS) is 1. The van der Waals surface area contributed by atoms with Crippen molar-refractivity contribution in [1.82, 2.24) is 0 Å². The summed E-state index contributed by atoms with van der Waals surface area (Å²) in [5, 5.41) is 8.97. The average Bonchev–Trinajstić information content (AvgIpc) is 2.84. The predicted octanol–water partition coefficient (Wildman–Crippen LogP) is -0.179. The molecule has 1 aliphatic rings. The van der Waals surface area contributed by atoms with E-state index in [1.807, 2.05) is 0 Å². The van der Waals surface area contributed by atoms with Crippen LogP contribution >= 0.6 is 15.9 Å². The second kappa shape index (κ2) is 4.53. The van der Waals surface area contributed by atoms with Crippen LogP contribution in [0.4, 0.5) is 4.39 Å². The van der Waals surface area contributed by atoms with Gasteiger partial charge < -0.3 is 6.53 Å². The smallest absolute Gasteiger partial charge is 1.00 e. The van der Waals surface area contributed by atoms with Crippen molar-refractivity contribution < 1.29 is 45.3 Å². The zero-order valence-corrected chi connectivity index (χ0v) is 11.8. The van der Waals surface area contributed by atoms with Crippen molar-refractivity contribution >= 4 is 21.9 Å². The Kier molecular flexibility index (Phi) is 3.98. The van der Waals surface area contributed by atoms with Crippen LogP contribution in [0.15, 0.2) is 22.7 Å². The van der Waals surface area contributed by atoms with Gasteiger partial charge in [-0.05, 0) is 25.0 Å². The number of carboxylic acids is 1. The molecule has 1 aromatic rings. The van der Waals surface area contributed by atoms with E-state index in [4.69, 9.17) is 5.11 Å². The van der Waals surface area contributed by atoms with E-state index in [1.54, 1.807) is 12.1 Å². The minimum atomic E-state index is -0.954. The van der Waals surface area contributed by atoms with Gasteiger partial charge in [0.1, 0.15) is 5.82 Å². The molecule has 0 saturated heterocycles. The molecule has 0 amide bonds. The SMILES string of the molecule is O=C(O)C1(c2ccc(Br)cc2F)CC1.[H-].[Na+]. The number of benzene rings is 1. The molecule has 2 rings (SSSR count). The van der Waals surface area contributed by atoms with Crippen molar-refractivity contribution in [2.45, 2.75) is 18.3 Å². The average molecular weight is 283 g/mol. The van der Waals surface area contributed by atoms with Gasteiger partial charge in [0.05, 0.1) is 5.41 Å². The molecule has 1 aromatic carbocycles. The van der Waals surface area contributed by atoms with Crippen molar-refractivity contribution in [1.29, 1.82) is 0 Å². The maximum absolute atomic E-state index is 13.5. The van der Waals surface area contributed by atoms with Crippen LogP contribution in [-0.2, 0) is 10.2 Å². The number of hydrogen-bond acceptors (Lipinski definition) is 1. The maximum Gasteiger partial charge on any atom is 1.00 e. The monoisotopic (exact) mass is 282 g/mol. The Morgan fingerprint density at radius 1 is 1.53 bits per heavy atom. The Morgan fingerprint density at radius 2 is 2.13 bits per heavy atom. The van der Waals surface area contributed by atoms with Crippen molar-refractivity contribution in [3.8, 4) is 0 Å². The van der Waals surface area contributed by atoms with Gasteiger partial charge in [0.15, 0.2) is 0 Å². The molecule has 2 nitrogen and oxygen atoms in total. The van der Waals surface area contributed by atoms with E-state index < -0.39 is 17.2 Å². The molecule has 0 aromatic heterocycles. The van der Waals surface area contributed by atoms with E-state index in [0.717, 1.165) is 0 Å². The molecule has 0 aliphatic heterocycles. The molecular weight excluding hydrogens is 274 g/mol. The first-order valence-electron chi connectivity index (χ1n) is 4.25. The van der Waals surface area contributed by atoms with Gasteiger partial charge in [0, 0.05) is 10.0 Å². The Morgan fingerprint density at radius 3 is 2.53 bits per heavy atom. The fraction of sp³-hybridized carbons (Fsp3) is 0.300. The van der Waals surface area contributed by atoms with Crippen LogP contribution < -0.4 is 29.6 Å². The van der Waals surface area contributed by atoms with Crippen LogP contribution in [0.5, 0.6) is 0 Å². The van der Waals surface area contributed by atoms with E-state index in [-0.39, 0.29) is 31.0 Å². The number of aliphatic carboxylic acids is 1. The van der Waals surface area contributed by atoms with Crippen LogP contribution in [-0.4, -0.2) is 11.1 Å². The van der Waals surface area contributed by atoms with Crippen molar-refractivity contribution in [2.75, 3.05) is 0 Å². The fourth-order valence-corrected chi connectivity index (χ4v) is 1.93. The molecule has 0 unspecified atom stereocenters. The largest absolute Gasteiger partial charge is 1.00 e. The van der Waals surface area contributed by atoms with Gasteiger partial charge in [0.2, 0.25) is 0 Å². The standard InChI is InChI=1S/C10H8BrFO2.Na.H/c11-6-1-2-7(8(12)5-6)10(3-4-10)9(13)14;;/h1-2,5H,3-4H2,(H,13,14);;/q;+1;-1. The van der Waals surface area contributed by atoms with Crippen LogP contribution in [0.25, 0.3) is 0 Å². The topological polar surface area (TPSA) is 37.3 Å². The fourth-order valence-electron chi connectivity index (χ4n) is 1.60. The third kappa shape index (κ3) is 2.28. The number of hydrogen-bond donors (Lipinski definition) is 1. The number of carbonyl (C=O) groups is 1. The van der Waals surface area contributed by atoms with Crippen LogP contribution in [0.1, 0.15) is 19.8 Å². The van der Waals surface area contributed by atoms with Gasteiger partial charge >= 0.3 is 35.5 Å². The zero-order chi connectivity index (χ0) is 10.3. The summed E-state index contributed by atoms with van der Waals surface area (Å²) in [6.07, 6.45) is 1.06. The molecule has 0 atom stereocenters. The summed E-state index contributed by atoms with van der Waals surface area (Å²) in [5.41, 5.74) is -0.654. The van der Waals surface area contributed by atoms with E-state index in [9.17, 15) is 9.18 Å². The molecule has 1 N–H and O–H groups in total. The van der Waals surface area contributed by atoms with Crippen molar-refractivity contribution in [3.05, 3.63) is 34.1 Å². The summed E-state index contributed by atoms with van der Waals surface area (Å²) in [6.45, 7) is 0. The Balaban J connectivity index is 0.00000112. The number of rotatable bonds is 2. The molecule has 1 aliphatic carbocycles. The first-order valence-corrected chi connectivity index (χ1v) is 5.04. The summed E-state index contributed by atoms with van der Waals surface area (Å²) < 4.78 is 14.1. The molecule has 1 saturated carbocycles. The minimum Gasteiger partial charge on any atom is -1.00 e. The van der Waals surface area contributed by atoms with Gasteiger partial charge in [-0.3, -0.25) is 4.79 Å². The van der Waals surface area contributed by atoms with E-state index in [0.29, 0.717) is 22.9 Å². The molecule has 1 fully saturated rings. The van der Waals surface area contributed by atoms with Crippen LogP contribution in [0, 0.1) is 5.82 Å². The van der Waals surface area contributed by atoms with Gasteiger partial charge in [-0.1, -0.05) is 22.0 Å². The maximum atomic E-state index is 13.5. The Labute approximate surface area is 119 Å². The van der Waals surface area contributed by atoms with Gasteiger partial charge in [0.25, 0.3) is 0 Å². The first-order chi connectivity index (χ1) is 6.56. The molecule has 0 heterocycles. The van der Waals surface area contributed by atoms with Crippen LogP contribution in [0.3, 0.4) is 0 Å². The van der Waals surface area contributed by atoms with Crippen molar-refractivity contribution in [3.63, 3.8) is 0 Å². The molecule has 15 heavy (non-hydrogen) atoms. The molecule has 0 spiro atoms. The first kappa shape index (κ1) is 13.2.